The van der Waals surface area contributed by atoms with Gasteiger partial charge < -0.3 is 15.2 Å². The molecule has 2 atom stereocenters. The molecule has 0 aliphatic rings. The van der Waals surface area contributed by atoms with Crippen molar-refractivity contribution in [2.75, 3.05) is 20.8 Å². The van der Waals surface area contributed by atoms with Gasteiger partial charge in [-0.15, -0.1) is 0 Å². The Bertz CT molecular complexity index is 297. The highest BCUT2D eigenvalue weighted by Gasteiger charge is 2.41. The summed E-state index contributed by atoms with van der Waals surface area (Å²) in [4.78, 5) is 0. The molecule has 0 spiro atoms. The zero-order chi connectivity index (χ0) is 13.7. The maximum Gasteiger partial charge on any atom is 0.122 e. The van der Waals surface area contributed by atoms with Gasteiger partial charge in [0.2, 0.25) is 0 Å². The molecule has 100 valence electrons. The van der Waals surface area contributed by atoms with Gasteiger partial charge in [0, 0.05) is 20.8 Å². The first-order valence-electron chi connectivity index (χ1n) is 6.05. The molecular weight excluding hydrogens is 214 g/mol. The van der Waals surface area contributed by atoms with Crippen molar-refractivity contribution in [2.24, 2.45) is 11.1 Å². The van der Waals surface area contributed by atoms with E-state index < -0.39 is 11.2 Å². The van der Waals surface area contributed by atoms with E-state index in [1.165, 1.54) is 0 Å². The van der Waals surface area contributed by atoms with E-state index in [-0.39, 0.29) is 5.41 Å². The Kier molecular flexibility index (Phi) is 5.67. The Balaban J connectivity index is 5.31. The highest BCUT2D eigenvalue weighted by Crippen LogP contribution is 2.36. The van der Waals surface area contributed by atoms with Gasteiger partial charge in [-0.2, -0.15) is 0 Å². The van der Waals surface area contributed by atoms with Crippen molar-refractivity contribution in [3.63, 3.8) is 0 Å². The lowest BCUT2D eigenvalue weighted by Crippen LogP contribution is -2.50. The Morgan fingerprint density at radius 3 is 1.82 bits per heavy atom. The minimum atomic E-state index is -0.446. The summed E-state index contributed by atoms with van der Waals surface area (Å²) in [6.07, 6.45) is 0.876. The zero-order valence-electron chi connectivity index (χ0n) is 12.3. The maximum absolute atomic E-state index is 5.83. The van der Waals surface area contributed by atoms with Gasteiger partial charge in [-0.1, -0.05) is 18.8 Å². The minimum Gasteiger partial charge on any atom is -0.376 e. The number of methoxy groups -OCH3 is 2. The molecule has 0 radical (unpaired) electrons. The fraction of sp³-hybridized carbons (Fsp3) is 0.857. The van der Waals surface area contributed by atoms with Gasteiger partial charge in [0.15, 0.2) is 0 Å². The second kappa shape index (κ2) is 5.86. The Hall–Kier alpha value is -0.560. The lowest BCUT2D eigenvalue weighted by molar-refractivity contribution is -0.0613. The van der Waals surface area contributed by atoms with Crippen LogP contribution in [0.2, 0.25) is 0 Å². The summed E-state index contributed by atoms with van der Waals surface area (Å²) >= 11 is 0. The zero-order valence-corrected chi connectivity index (χ0v) is 12.3. The van der Waals surface area contributed by atoms with Crippen LogP contribution in [0, 0.1) is 17.3 Å². The van der Waals surface area contributed by atoms with Crippen LogP contribution < -0.4 is 5.73 Å². The molecule has 3 nitrogen and oxygen atoms in total. The summed E-state index contributed by atoms with van der Waals surface area (Å²) in [5.74, 6) is 6.47. The van der Waals surface area contributed by atoms with Gasteiger partial charge in [-0.05, 0) is 34.1 Å². The smallest absolute Gasteiger partial charge is 0.122 e. The van der Waals surface area contributed by atoms with E-state index in [0.717, 1.165) is 6.42 Å². The second-order valence-electron chi connectivity index (χ2n) is 5.29. The van der Waals surface area contributed by atoms with Crippen LogP contribution in [-0.2, 0) is 9.47 Å². The highest BCUT2D eigenvalue weighted by atomic mass is 16.5. The van der Waals surface area contributed by atoms with E-state index in [0.29, 0.717) is 6.54 Å². The molecule has 0 aliphatic carbocycles. The van der Waals surface area contributed by atoms with E-state index in [4.69, 9.17) is 15.2 Å². The molecule has 0 saturated heterocycles. The van der Waals surface area contributed by atoms with Crippen LogP contribution in [-0.4, -0.2) is 32.0 Å². The summed E-state index contributed by atoms with van der Waals surface area (Å²) in [5, 5.41) is 0. The van der Waals surface area contributed by atoms with E-state index >= 15 is 0 Å². The van der Waals surface area contributed by atoms with Crippen LogP contribution in [0.4, 0.5) is 0 Å². The van der Waals surface area contributed by atoms with Gasteiger partial charge in [0.05, 0.1) is 11.0 Å². The molecular formula is C14H27NO2. The standard InChI is InChI=1S/C14H27NO2/c1-8-13(4,14(5,11-15)17-7)10-9-12(2,3)16-6/h8,11,15H2,1-7H3. The quantitative estimate of drug-likeness (QED) is 0.750. The Morgan fingerprint density at radius 2 is 1.53 bits per heavy atom. The predicted molar refractivity (Wildman–Crippen MR) is 71.7 cm³/mol. The lowest BCUT2D eigenvalue weighted by Gasteiger charge is -2.41. The molecule has 0 rings (SSSR count). The molecule has 0 bridgehead atoms. The summed E-state index contributed by atoms with van der Waals surface area (Å²) in [5.41, 5.74) is 4.65. The minimum absolute atomic E-state index is 0.285. The molecule has 2 N–H and O–H groups in total. The van der Waals surface area contributed by atoms with E-state index in [1.807, 2.05) is 20.8 Å². The van der Waals surface area contributed by atoms with Crippen LogP contribution >= 0.6 is 0 Å². The number of rotatable bonds is 5. The monoisotopic (exact) mass is 241 g/mol. The molecule has 0 amide bonds. The van der Waals surface area contributed by atoms with Crippen molar-refractivity contribution >= 4 is 0 Å². The first kappa shape index (κ1) is 16.4. The van der Waals surface area contributed by atoms with Crippen molar-refractivity contribution in [1.29, 1.82) is 0 Å². The maximum atomic E-state index is 5.83. The summed E-state index contributed by atoms with van der Waals surface area (Å²) in [7, 11) is 3.35. The average Bonchev–Trinajstić information content (AvgIpc) is 2.34. The van der Waals surface area contributed by atoms with Crippen molar-refractivity contribution < 1.29 is 9.47 Å². The molecule has 0 aliphatic heterocycles. The lowest BCUT2D eigenvalue weighted by atomic mass is 9.72. The third-order valence-electron chi connectivity index (χ3n) is 3.86. The van der Waals surface area contributed by atoms with Gasteiger partial charge in [0.1, 0.15) is 5.60 Å². The van der Waals surface area contributed by atoms with Crippen LogP contribution in [0.1, 0.15) is 41.0 Å². The largest absolute Gasteiger partial charge is 0.376 e. The SMILES string of the molecule is CCC(C)(C#CC(C)(C)OC)C(C)(CN)OC. The summed E-state index contributed by atoms with van der Waals surface area (Å²) in [6.45, 7) is 10.5. The van der Waals surface area contributed by atoms with Crippen molar-refractivity contribution in [2.45, 2.75) is 52.2 Å². The normalized spacial score (nSPS) is 18.8. The van der Waals surface area contributed by atoms with E-state index in [9.17, 15) is 0 Å². The number of ether oxygens (including phenoxy) is 2. The summed E-state index contributed by atoms with van der Waals surface area (Å²) in [6, 6.07) is 0. The van der Waals surface area contributed by atoms with Crippen LogP contribution in [0.5, 0.6) is 0 Å². The molecule has 0 aromatic heterocycles. The summed E-state index contributed by atoms with van der Waals surface area (Å²) < 4.78 is 10.9. The van der Waals surface area contributed by atoms with Gasteiger partial charge in [0.25, 0.3) is 0 Å². The van der Waals surface area contributed by atoms with Crippen LogP contribution in [0.25, 0.3) is 0 Å². The molecule has 0 saturated carbocycles. The number of hydrogen-bond donors (Lipinski definition) is 1. The van der Waals surface area contributed by atoms with Crippen molar-refractivity contribution in [3.8, 4) is 11.8 Å². The van der Waals surface area contributed by atoms with Crippen molar-refractivity contribution in [1.82, 2.24) is 0 Å². The van der Waals surface area contributed by atoms with E-state index in [2.05, 4.69) is 25.7 Å². The molecule has 3 heteroatoms. The average molecular weight is 241 g/mol. The first-order valence-corrected chi connectivity index (χ1v) is 6.05. The molecule has 2 unspecified atom stereocenters. The molecule has 17 heavy (non-hydrogen) atoms. The third-order valence-corrected chi connectivity index (χ3v) is 3.86. The predicted octanol–water partition coefficient (Wildman–Crippen LogP) is 2.19. The van der Waals surface area contributed by atoms with Crippen LogP contribution in [0.15, 0.2) is 0 Å². The fourth-order valence-electron chi connectivity index (χ4n) is 1.47. The molecule has 0 heterocycles. The Labute approximate surface area is 106 Å². The highest BCUT2D eigenvalue weighted by molar-refractivity contribution is 5.22. The van der Waals surface area contributed by atoms with Crippen LogP contribution in [0.3, 0.4) is 0 Å². The Morgan fingerprint density at radius 1 is 1.00 bits per heavy atom. The van der Waals surface area contributed by atoms with Gasteiger partial charge in [-0.3, -0.25) is 0 Å². The second-order valence-corrected chi connectivity index (χ2v) is 5.29. The van der Waals surface area contributed by atoms with Gasteiger partial charge >= 0.3 is 0 Å². The number of hydrogen-bond acceptors (Lipinski definition) is 3. The fourth-order valence-corrected chi connectivity index (χ4v) is 1.47. The third kappa shape index (κ3) is 3.70. The van der Waals surface area contributed by atoms with Crippen molar-refractivity contribution in [3.05, 3.63) is 0 Å². The van der Waals surface area contributed by atoms with E-state index in [1.54, 1.807) is 14.2 Å². The molecule has 0 aromatic carbocycles. The molecule has 0 aromatic rings. The number of nitrogens with two attached hydrogens (primary N) is 1. The van der Waals surface area contributed by atoms with Gasteiger partial charge in [-0.25, -0.2) is 0 Å². The first-order chi connectivity index (χ1) is 7.70. The topological polar surface area (TPSA) is 44.5 Å². The molecule has 0 fully saturated rings.